The van der Waals surface area contributed by atoms with Crippen molar-refractivity contribution in [1.82, 2.24) is 9.55 Å². The maximum atomic E-state index is 11.0. The Bertz CT molecular complexity index is 1310. The van der Waals surface area contributed by atoms with Crippen LogP contribution in [0, 0.1) is 0 Å². The molecule has 0 saturated heterocycles. The van der Waals surface area contributed by atoms with Crippen molar-refractivity contribution in [1.29, 1.82) is 0 Å². The minimum Gasteiger partial charge on any atom is -0.497 e. The van der Waals surface area contributed by atoms with E-state index in [1.165, 1.54) is 27.8 Å². The first kappa shape index (κ1) is 21.7. The average Bonchev–Trinajstić information content (AvgIpc) is 3.44. The fourth-order valence-corrected chi connectivity index (χ4v) is 5.01. The van der Waals surface area contributed by atoms with E-state index in [2.05, 4.69) is 77.8 Å². The van der Waals surface area contributed by atoms with Crippen LogP contribution >= 0.6 is 0 Å². The summed E-state index contributed by atoms with van der Waals surface area (Å²) in [6, 6.07) is 25.4. The van der Waals surface area contributed by atoms with E-state index in [1.807, 2.05) is 22.9 Å². The van der Waals surface area contributed by atoms with Gasteiger partial charge in [0.1, 0.15) is 11.6 Å². The van der Waals surface area contributed by atoms with E-state index >= 15 is 0 Å². The van der Waals surface area contributed by atoms with Gasteiger partial charge in [-0.3, -0.25) is 4.79 Å². The lowest BCUT2D eigenvalue weighted by Gasteiger charge is -2.30. The SMILES string of the molecule is COc1ccc(C2(/C=C/Cn3ccnc3CCC(=O)O)c3ccccc3-c3ccccc32)cc1. The van der Waals surface area contributed by atoms with Crippen molar-refractivity contribution in [3.63, 3.8) is 0 Å². The van der Waals surface area contributed by atoms with Crippen molar-refractivity contribution >= 4 is 5.97 Å². The number of methoxy groups -OCH3 is 1. The number of nitrogens with zero attached hydrogens (tertiary/aromatic N) is 2. The van der Waals surface area contributed by atoms with Gasteiger partial charge in [-0.1, -0.05) is 72.8 Å². The van der Waals surface area contributed by atoms with E-state index in [9.17, 15) is 4.79 Å². The molecule has 0 fully saturated rings. The topological polar surface area (TPSA) is 64.4 Å². The number of aryl methyl sites for hydroxylation is 1. The zero-order chi connectivity index (χ0) is 23.5. The molecule has 5 heteroatoms. The molecule has 1 heterocycles. The van der Waals surface area contributed by atoms with Gasteiger partial charge in [-0.2, -0.15) is 0 Å². The summed E-state index contributed by atoms with van der Waals surface area (Å²) in [6.07, 6.45) is 8.54. The van der Waals surface area contributed by atoms with E-state index in [-0.39, 0.29) is 6.42 Å². The molecule has 1 aliphatic carbocycles. The maximum absolute atomic E-state index is 11.0. The third kappa shape index (κ3) is 3.69. The molecule has 3 aromatic carbocycles. The number of imidazole rings is 1. The summed E-state index contributed by atoms with van der Waals surface area (Å²) >= 11 is 0. The van der Waals surface area contributed by atoms with Crippen LogP contribution in [0.3, 0.4) is 0 Å². The van der Waals surface area contributed by atoms with Gasteiger partial charge in [0, 0.05) is 25.4 Å². The number of hydrogen-bond acceptors (Lipinski definition) is 3. The predicted octanol–water partition coefficient (Wildman–Crippen LogP) is 5.48. The molecular formula is C29H26N2O3. The van der Waals surface area contributed by atoms with Crippen LogP contribution in [0.5, 0.6) is 5.75 Å². The standard InChI is InChI=1S/C29H26N2O3/c1-34-22-13-11-21(12-14-22)29(17-6-19-31-20-18-30-27(31)15-16-28(32)33)25-9-4-2-7-23(25)24-8-3-5-10-26(24)29/h2-14,17-18,20H,15-16,19H2,1H3,(H,32,33)/b17-6+. The Morgan fingerprint density at radius 3 is 2.26 bits per heavy atom. The summed E-state index contributed by atoms with van der Waals surface area (Å²) in [6.45, 7) is 0.608. The highest BCUT2D eigenvalue weighted by Gasteiger charge is 2.42. The summed E-state index contributed by atoms with van der Waals surface area (Å²) < 4.78 is 7.42. The zero-order valence-electron chi connectivity index (χ0n) is 19.0. The van der Waals surface area contributed by atoms with Crippen LogP contribution in [0.2, 0.25) is 0 Å². The molecule has 0 radical (unpaired) electrons. The van der Waals surface area contributed by atoms with E-state index in [1.54, 1.807) is 13.3 Å². The minimum absolute atomic E-state index is 0.0667. The number of allylic oxidation sites excluding steroid dienone is 2. The Morgan fingerprint density at radius 1 is 1.00 bits per heavy atom. The number of carboxylic acids is 1. The summed E-state index contributed by atoms with van der Waals surface area (Å²) in [4.78, 5) is 15.4. The van der Waals surface area contributed by atoms with Crippen molar-refractivity contribution in [2.24, 2.45) is 0 Å². The maximum Gasteiger partial charge on any atom is 0.303 e. The van der Waals surface area contributed by atoms with E-state index < -0.39 is 11.4 Å². The van der Waals surface area contributed by atoms with Crippen molar-refractivity contribution in [3.05, 3.63) is 120 Å². The second-order valence-electron chi connectivity index (χ2n) is 8.42. The second-order valence-corrected chi connectivity index (χ2v) is 8.42. The second kappa shape index (κ2) is 9.02. The van der Waals surface area contributed by atoms with Crippen LogP contribution in [0.25, 0.3) is 11.1 Å². The molecule has 0 atom stereocenters. The van der Waals surface area contributed by atoms with Gasteiger partial charge in [0.15, 0.2) is 0 Å². The van der Waals surface area contributed by atoms with Crippen LogP contribution in [0.15, 0.2) is 97.3 Å². The lowest BCUT2D eigenvalue weighted by Crippen LogP contribution is -2.24. The molecule has 1 aromatic heterocycles. The highest BCUT2D eigenvalue weighted by Crippen LogP contribution is 2.53. The van der Waals surface area contributed by atoms with E-state index in [0.29, 0.717) is 13.0 Å². The van der Waals surface area contributed by atoms with Gasteiger partial charge in [0.2, 0.25) is 0 Å². The van der Waals surface area contributed by atoms with Crippen molar-refractivity contribution < 1.29 is 14.6 Å². The Labute approximate surface area is 199 Å². The number of benzene rings is 3. The number of rotatable bonds is 8. The largest absolute Gasteiger partial charge is 0.497 e. The van der Waals surface area contributed by atoms with Gasteiger partial charge >= 0.3 is 5.97 Å². The third-order valence-corrected chi connectivity index (χ3v) is 6.57. The number of hydrogen-bond donors (Lipinski definition) is 1. The van der Waals surface area contributed by atoms with Crippen molar-refractivity contribution in [3.8, 4) is 16.9 Å². The molecule has 5 rings (SSSR count). The molecule has 0 saturated carbocycles. The van der Waals surface area contributed by atoms with E-state index in [4.69, 9.17) is 9.84 Å². The van der Waals surface area contributed by atoms with Crippen LogP contribution in [-0.4, -0.2) is 27.7 Å². The number of aliphatic carboxylic acids is 1. The number of carbonyl (C=O) groups is 1. The van der Waals surface area contributed by atoms with Crippen LogP contribution in [-0.2, 0) is 23.2 Å². The molecule has 170 valence electrons. The van der Waals surface area contributed by atoms with Gasteiger partial charge in [0.05, 0.1) is 18.9 Å². The monoisotopic (exact) mass is 450 g/mol. The highest BCUT2D eigenvalue weighted by atomic mass is 16.5. The first-order chi connectivity index (χ1) is 16.6. The zero-order valence-corrected chi connectivity index (χ0v) is 19.0. The normalized spacial score (nSPS) is 13.6. The minimum atomic E-state index is -0.817. The molecule has 1 aliphatic rings. The smallest absolute Gasteiger partial charge is 0.303 e. The molecule has 4 aromatic rings. The lowest BCUT2D eigenvalue weighted by atomic mass is 9.72. The number of aromatic nitrogens is 2. The van der Waals surface area contributed by atoms with Gasteiger partial charge in [-0.05, 0) is 39.9 Å². The molecule has 34 heavy (non-hydrogen) atoms. The molecule has 0 amide bonds. The first-order valence-corrected chi connectivity index (χ1v) is 11.4. The Kier molecular flexibility index (Phi) is 5.76. The predicted molar refractivity (Wildman–Crippen MR) is 132 cm³/mol. The van der Waals surface area contributed by atoms with Crippen molar-refractivity contribution in [2.45, 2.75) is 24.8 Å². The van der Waals surface area contributed by atoms with Crippen LogP contribution in [0.1, 0.15) is 28.9 Å². The Hall–Kier alpha value is -4.12. The van der Waals surface area contributed by atoms with Crippen LogP contribution < -0.4 is 4.74 Å². The molecule has 0 spiro atoms. The molecule has 1 N–H and O–H groups in total. The van der Waals surface area contributed by atoms with Crippen molar-refractivity contribution in [2.75, 3.05) is 7.11 Å². The fraction of sp³-hybridized carbons (Fsp3) is 0.172. The summed E-state index contributed by atoms with van der Waals surface area (Å²) in [5, 5.41) is 9.05. The third-order valence-electron chi connectivity index (χ3n) is 6.57. The Morgan fingerprint density at radius 2 is 1.65 bits per heavy atom. The summed E-state index contributed by atoms with van der Waals surface area (Å²) in [5.41, 5.74) is 5.69. The first-order valence-electron chi connectivity index (χ1n) is 11.4. The van der Waals surface area contributed by atoms with Gasteiger partial charge < -0.3 is 14.4 Å². The fourth-order valence-electron chi connectivity index (χ4n) is 5.01. The number of fused-ring (bicyclic) bond motifs is 3. The Balaban J connectivity index is 1.60. The van der Waals surface area contributed by atoms with E-state index in [0.717, 1.165) is 11.6 Å². The lowest BCUT2D eigenvalue weighted by molar-refractivity contribution is -0.137. The summed E-state index contributed by atoms with van der Waals surface area (Å²) in [7, 11) is 1.68. The van der Waals surface area contributed by atoms with Gasteiger partial charge in [-0.15, -0.1) is 0 Å². The van der Waals surface area contributed by atoms with Gasteiger partial charge in [0.25, 0.3) is 0 Å². The molecule has 5 nitrogen and oxygen atoms in total. The average molecular weight is 451 g/mol. The summed E-state index contributed by atoms with van der Waals surface area (Å²) in [5.74, 6) is 0.782. The quantitative estimate of drug-likeness (QED) is 0.361. The number of ether oxygens (including phenoxy) is 1. The molecule has 0 unspecified atom stereocenters. The number of carboxylic acid groups (broad SMARTS) is 1. The molecule has 0 bridgehead atoms. The van der Waals surface area contributed by atoms with Crippen LogP contribution in [0.4, 0.5) is 0 Å². The highest BCUT2D eigenvalue weighted by molar-refractivity contribution is 5.84. The molecule has 0 aliphatic heterocycles. The van der Waals surface area contributed by atoms with Gasteiger partial charge in [-0.25, -0.2) is 4.98 Å². The molecular weight excluding hydrogens is 424 g/mol.